The summed E-state index contributed by atoms with van der Waals surface area (Å²) in [5.74, 6) is -0.728. The van der Waals surface area contributed by atoms with Crippen molar-refractivity contribution in [3.63, 3.8) is 0 Å². The molecule has 0 fully saturated rings. The summed E-state index contributed by atoms with van der Waals surface area (Å²) in [7, 11) is 1.63. The lowest BCUT2D eigenvalue weighted by Crippen LogP contribution is -2.19. The molecule has 0 atom stereocenters. The maximum absolute atomic E-state index is 12.3. The predicted molar refractivity (Wildman–Crippen MR) is 132 cm³/mol. The van der Waals surface area contributed by atoms with Crippen LogP contribution in [0.5, 0.6) is 5.75 Å². The first-order chi connectivity index (χ1) is 17.0. The first-order valence-electron chi connectivity index (χ1n) is 11.2. The van der Waals surface area contributed by atoms with E-state index >= 15 is 0 Å². The maximum atomic E-state index is 12.3. The molecule has 2 heterocycles. The third kappa shape index (κ3) is 4.65. The van der Waals surface area contributed by atoms with Gasteiger partial charge in [-0.2, -0.15) is 0 Å². The highest BCUT2D eigenvalue weighted by atomic mass is 16.6. The molecule has 4 rings (SSSR count). The average molecular weight is 475 g/mol. The number of nitrogens with zero attached hydrogens (tertiary/aromatic N) is 3. The highest BCUT2D eigenvalue weighted by molar-refractivity contribution is 6.14. The zero-order valence-corrected chi connectivity index (χ0v) is 20.0. The molecule has 0 saturated heterocycles. The molecule has 9 nitrogen and oxygen atoms in total. The van der Waals surface area contributed by atoms with E-state index in [0.717, 1.165) is 39.0 Å². The molecule has 35 heavy (non-hydrogen) atoms. The minimum absolute atomic E-state index is 0.147. The fourth-order valence-corrected chi connectivity index (χ4v) is 3.90. The van der Waals surface area contributed by atoms with Crippen molar-refractivity contribution in [1.29, 1.82) is 0 Å². The number of hydrogen-bond acceptors (Lipinski definition) is 8. The van der Waals surface area contributed by atoms with Crippen molar-refractivity contribution in [2.75, 3.05) is 25.6 Å². The quantitative estimate of drug-likeness (QED) is 0.175. The molecule has 0 spiro atoms. The lowest BCUT2D eigenvalue weighted by molar-refractivity contribution is -0.146. The van der Waals surface area contributed by atoms with Crippen LogP contribution in [0.15, 0.2) is 60.6 Å². The van der Waals surface area contributed by atoms with E-state index in [1.54, 1.807) is 27.3 Å². The Morgan fingerprint density at radius 3 is 2.34 bits per heavy atom. The SMILES string of the molecule is CCOC(=O)C(=CNc1ccc2c(c1)c(C)c(-c1ccc(OC)cc1)c1nncn12)C(=O)OCC. The lowest BCUT2D eigenvalue weighted by Gasteiger charge is -2.14. The third-order valence-electron chi connectivity index (χ3n) is 5.56. The highest BCUT2D eigenvalue weighted by Gasteiger charge is 2.21. The van der Waals surface area contributed by atoms with Crippen LogP contribution in [-0.4, -0.2) is 46.9 Å². The van der Waals surface area contributed by atoms with Gasteiger partial charge in [0.05, 0.1) is 25.8 Å². The largest absolute Gasteiger partial charge is 0.497 e. The molecule has 0 bridgehead atoms. The molecule has 0 radical (unpaired) electrons. The van der Waals surface area contributed by atoms with Crippen LogP contribution >= 0.6 is 0 Å². The molecule has 9 heteroatoms. The fourth-order valence-electron chi connectivity index (χ4n) is 3.90. The van der Waals surface area contributed by atoms with Crippen molar-refractivity contribution in [2.24, 2.45) is 0 Å². The molecular formula is C26H26N4O5. The first kappa shape index (κ1) is 23.7. The summed E-state index contributed by atoms with van der Waals surface area (Å²) in [6.07, 6.45) is 2.99. The van der Waals surface area contributed by atoms with Gasteiger partial charge in [-0.05, 0) is 62.2 Å². The van der Waals surface area contributed by atoms with E-state index in [2.05, 4.69) is 15.5 Å². The van der Waals surface area contributed by atoms with E-state index < -0.39 is 11.9 Å². The van der Waals surface area contributed by atoms with E-state index in [1.807, 2.05) is 53.8 Å². The summed E-state index contributed by atoms with van der Waals surface area (Å²) >= 11 is 0. The molecule has 1 N–H and O–H groups in total. The van der Waals surface area contributed by atoms with Gasteiger partial charge in [-0.1, -0.05) is 12.1 Å². The summed E-state index contributed by atoms with van der Waals surface area (Å²) in [5.41, 5.74) is 5.07. The molecule has 0 aliphatic rings. The van der Waals surface area contributed by atoms with Crippen LogP contribution in [0.3, 0.4) is 0 Å². The Balaban J connectivity index is 1.80. The number of rotatable bonds is 8. The van der Waals surface area contributed by atoms with Gasteiger partial charge < -0.3 is 19.5 Å². The number of aryl methyl sites for hydroxylation is 1. The summed E-state index contributed by atoms with van der Waals surface area (Å²) in [6.45, 7) is 5.67. The maximum Gasteiger partial charge on any atom is 0.347 e. The number of fused-ring (bicyclic) bond motifs is 3. The van der Waals surface area contributed by atoms with E-state index in [4.69, 9.17) is 14.2 Å². The Kier molecular flexibility index (Phi) is 6.96. The number of methoxy groups -OCH3 is 1. The summed E-state index contributed by atoms with van der Waals surface area (Å²) in [5, 5.41) is 12.5. The molecule has 0 saturated carbocycles. The number of nitrogens with one attached hydrogen (secondary N) is 1. The topological polar surface area (TPSA) is 104 Å². The van der Waals surface area contributed by atoms with E-state index in [9.17, 15) is 9.59 Å². The van der Waals surface area contributed by atoms with Gasteiger partial charge in [-0.25, -0.2) is 9.59 Å². The molecule has 4 aromatic rings. The number of anilines is 1. The summed E-state index contributed by atoms with van der Waals surface area (Å²) < 4.78 is 17.2. The Hall–Kier alpha value is -4.40. The van der Waals surface area contributed by atoms with Crippen molar-refractivity contribution in [1.82, 2.24) is 14.6 Å². The fraction of sp³-hybridized carbons (Fsp3) is 0.231. The Morgan fingerprint density at radius 1 is 1.03 bits per heavy atom. The van der Waals surface area contributed by atoms with Crippen molar-refractivity contribution < 1.29 is 23.8 Å². The van der Waals surface area contributed by atoms with Gasteiger partial charge in [0.25, 0.3) is 0 Å². The number of pyridine rings is 1. The van der Waals surface area contributed by atoms with Gasteiger partial charge in [-0.15, -0.1) is 10.2 Å². The van der Waals surface area contributed by atoms with Crippen LogP contribution in [-0.2, 0) is 19.1 Å². The molecule has 0 aliphatic heterocycles. The number of aromatic nitrogens is 3. The molecule has 180 valence electrons. The van der Waals surface area contributed by atoms with E-state index in [0.29, 0.717) is 5.69 Å². The number of ether oxygens (including phenoxy) is 3. The zero-order chi connectivity index (χ0) is 24.9. The minimum atomic E-state index is -0.747. The molecule has 0 amide bonds. The highest BCUT2D eigenvalue weighted by Crippen LogP contribution is 2.35. The van der Waals surface area contributed by atoms with Gasteiger partial charge in [0.1, 0.15) is 12.1 Å². The Labute approximate surface area is 202 Å². The molecule has 2 aromatic carbocycles. The number of hydrogen-bond donors (Lipinski definition) is 1. The normalized spacial score (nSPS) is 10.7. The second kappa shape index (κ2) is 10.3. The van der Waals surface area contributed by atoms with Gasteiger partial charge >= 0.3 is 11.9 Å². The zero-order valence-electron chi connectivity index (χ0n) is 20.0. The lowest BCUT2D eigenvalue weighted by atomic mass is 9.97. The van der Waals surface area contributed by atoms with Gasteiger partial charge in [0.15, 0.2) is 11.2 Å². The minimum Gasteiger partial charge on any atom is -0.497 e. The molecular weight excluding hydrogens is 448 g/mol. The Morgan fingerprint density at radius 2 is 1.71 bits per heavy atom. The number of esters is 2. The van der Waals surface area contributed by atoms with E-state index in [1.165, 1.54) is 6.20 Å². The van der Waals surface area contributed by atoms with Crippen LogP contribution in [0, 0.1) is 6.92 Å². The summed E-state index contributed by atoms with van der Waals surface area (Å²) in [4.78, 5) is 24.5. The van der Waals surface area contributed by atoms with Crippen LogP contribution in [0.25, 0.3) is 27.7 Å². The predicted octanol–water partition coefficient (Wildman–Crippen LogP) is 4.29. The first-order valence-corrected chi connectivity index (χ1v) is 11.2. The van der Waals surface area contributed by atoms with Crippen molar-refractivity contribution >= 4 is 34.2 Å². The van der Waals surface area contributed by atoms with Gasteiger partial charge in [-0.3, -0.25) is 4.40 Å². The molecule has 0 aliphatic carbocycles. The number of carbonyl (C=O) groups excluding carboxylic acids is 2. The van der Waals surface area contributed by atoms with Crippen molar-refractivity contribution in [3.05, 3.63) is 66.1 Å². The second-order valence-electron chi connectivity index (χ2n) is 7.63. The van der Waals surface area contributed by atoms with Crippen LogP contribution in [0.1, 0.15) is 19.4 Å². The summed E-state index contributed by atoms with van der Waals surface area (Å²) in [6, 6.07) is 13.5. The standard InChI is InChI=1S/C26H26N4O5/c1-5-34-25(31)21(26(32)35-6-2)14-27-18-9-12-22-20(13-18)16(3)23(24-29-28-15-30(22)24)17-7-10-19(33-4)11-8-17/h7-15,27H,5-6H2,1-4H3. The van der Waals surface area contributed by atoms with Crippen molar-refractivity contribution in [2.45, 2.75) is 20.8 Å². The number of carbonyl (C=O) groups is 2. The van der Waals surface area contributed by atoms with Crippen LogP contribution < -0.4 is 10.1 Å². The molecule has 0 unspecified atom stereocenters. The third-order valence-corrected chi connectivity index (χ3v) is 5.56. The molecule has 2 aromatic heterocycles. The monoisotopic (exact) mass is 474 g/mol. The van der Waals surface area contributed by atoms with Crippen LogP contribution in [0.2, 0.25) is 0 Å². The van der Waals surface area contributed by atoms with Gasteiger partial charge in [0, 0.05) is 22.8 Å². The number of benzene rings is 2. The second-order valence-corrected chi connectivity index (χ2v) is 7.63. The van der Waals surface area contributed by atoms with Crippen LogP contribution in [0.4, 0.5) is 5.69 Å². The van der Waals surface area contributed by atoms with E-state index in [-0.39, 0.29) is 18.8 Å². The average Bonchev–Trinajstić information content (AvgIpc) is 3.34. The smallest absolute Gasteiger partial charge is 0.347 e. The Bertz CT molecular complexity index is 1400. The van der Waals surface area contributed by atoms with Crippen molar-refractivity contribution in [3.8, 4) is 16.9 Å². The van der Waals surface area contributed by atoms with Gasteiger partial charge in [0.2, 0.25) is 0 Å².